The van der Waals surface area contributed by atoms with E-state index in [9.17, 15) is 8.42 Å². The lowest BCUT2D eigenvalue weighted by Gasteiger charge is -2.31. The third kappa shape index (κ3) is 4.92. The van der Waals surface area contributed by atoms with Crippen molar-refractivity contribution in [1.29, 1.82) is 0 Å². The quantitative estimate of drug-likeness (QED) is 0.476. The lowest BCUT2D eigenvalue weighted by Crippen LogP contribution is -2.43. The second-order valence-corrected chi connectivity index (χ2v) is 9.30. The Morgan fingerprint density at radius 3 is 2.87 bits per heavy atom. The zero-order valence-corrected chi connectivity index (χ0v) is 15.6. The first-order chi connectivity index (χ1) is 10.8. The third-order valence-corrected chi connectivity index (χ3v) is 6.63. The predicted octanol–water partition coefficient (Wildman–Crippen LogP) is 1.69. The van der Waals surface area contributed by atoms with Crippen LogP contribution in [-0.2, 0) is 10.0 Å². The zero-order valence-electron chi connectivity index (χ0n) is 14.0. The molecular formula is C15H26N4O2S2. The summed E-state index contributed by atoms with van der Waals surface area (Å²) in [6.45, 7) is 8.38. The first-order valence-corrected chi connectivity index (χ1v) is 10.2. The van der Waals surface area contributed by atoms with Crippen molar-refractivity contribution in [3.63, 3.8) is 0 Å². The van der Waals surface area contributed by atoms with E-state index >= 15 is 0 Å². The van der Waals surface area contributed by atoms with E-state index in [1.807, 2.05) is 13.8 Å². The number of hydrogen-bond acceptors (Lipinski definition) is 4. The Bertz CT molecular complexity index is 667. The summed E-state index contributed by atoms with van der Waals surface area (Å²) < 4.78 is 27.1. The van der Waals surface area contributed by atoms with Gasteiger partial charge in [0.25, 0.3) is 0 Å². The number of piperidine rings is 1. The maximum absolute atomic E-state index is 12.3. The number of hydrogen-bond donors (Lipinski definition) is 2. The molecule has 1 unspecified atom stereocenters. The molecule has 0 amide bonds. The summed E-state index contributed by atoms with van der Waals surface area (Å²) in [5.41, 5.74) is 6.00. The standard InChI is InChI=1S/C15H26N4O2S2/c1-11-5-4-8-19(10-11)15(16)17-6-7-18-23(20,21)14-9-12(2)22-13(14)3/h9,11,18H,4-8,10H2,1-3H3,(H2,16,17). The molecule has 1 aromatic heterocycles. The van der Waals surface area contributed by atoms with Gasteiger partial charge in [0.1, 0.15) is 0 Å². The van der Waals surface area contributed by atoms with Crippen molar-refractivity contribution in [2.24, 2.45) is 16.6 Å². The van der Waals surface area contributed by atoms with E-state index < -0.39 is 10.0 Å². The van der Waals surface area contributed by atoms with E-state index in [-0.39, 0.29) is 6.54 Å². The molecule has 6 nitrogen and oxygen atoms in total. The monoisotopic (exact) mass is 358 g/mol. The Morgan fingerprint density at radius 2 is 2.26 bits per heavy atom. The molecule has 1 fully saturated rings. The fourth-order valence-electron chi connectivity index (χ4n) is 2.80. The fourth-order valence-corrected chi connectivity index (χ4v) is 5.37. The van der Waals surface area contributed by atoms with E-state index in [0.29, 0.717) is 23.3 Å². The van der Waals surface area contributed by atoms with Gasteiger partial charge in [-0.2, -0.15) is 0 Å². The van der Waals surface area contributed by atoms with Crippen LogP contribution in [0.3, 0.4) is 0 Å². The van der Waals surface area contributed by atoms with E-state index in [1.54, 1.807) is 6.07 Å². The van der Waals surface area contributed by atoms with E-state index in [4.69, 9.17) is 5.73 Å². The highest BCUT2D eigenvalue weighted by Crippen LogP contribution is 2.24. The van der Waals surface area contributed by atoms with Crippen molar-refractivity contribution in [3.05, 3.63) is 15.8 Å². The van der Waals surface area contributed by atoms with Crippen molar-refractivity contribution < 1.29 is 8.42 Å². The van der Waals surface area contributed by atoms with Crippen LogP contribution in [0.2, 0.25) is 0 Å². The number of sulfonamides is 1. The molecule has 0 spiro atoms. The van der Waals surface area contributed by atoms with Crippen LogP contribution >= 0.6 is 11.3 Å². The number of rotatable bonds is 5. The minimum atomic E-state index is -3.46. The second-order valence-electron chi connectivity index (χ2n) is 6.11. The summed E-state index contributed by atoms with van der Waals surface area (Å²) in [6.07, 6.45) is 2.35. The normalized spacial score (nSPS) is 20.0. The molecule has 1 saturated heterocycles. The Balaban J connectivity index is 1.86. The van der Waals surface area contributed by atoms with Gasteiger partial charge in [-0.15, -0.1) is 11.3 Å². The molecule has 8 heteroatoms. The summed E-state index contributed by atoms with van der Waals surface area (Å²) >= 11 is 1.49. The maximum atomic E-state index is 12.3. The van der Waals surface area contributed by atoms with Gasteiger partial charge in [0.15, 0.2) is 5.96 Å². The number of guanidine groups is 1. The van der Waals surface area contributed by atoms with Crippen LogP contribution < -0.4 is 10.5 Å². The first-order valence-electron chi connectivity index (χ1n) is 7.91. The lowest BCUT2D eigenvalue weighted by molar-refractivity contribution is 0.270. The van der Waals surface area contributed by atoms with Crippen molar-refractivity contribution in [2.75, 3.05) is 26.2 Å². The van der Waals surface area contributed by atoms with Gasteiger partial charge in [0.05, 0.1) is 11.4 Å². The average molecular weight is 359 g/mol. The average Bonchev–Trinajstić information content (AvgIpc) is 2.83. The Labute approximate surface area is 142 Å². The van der Waals surface area contributed by atoms with Crippen LogP contribution in [0, 0.1) is 19.8 Å². The van der Waals surface area contributed by atoms with Crippen LogP contribution in [-0.4, -0.2) is 45.5 Å². The number of likely N-dealkylation sites (tertiary alicyclic amines) is 1. The number of aryl methyl sites for hydroxylation is 2. The highest BCUT2D eigenvalue weighted by Gasteiger charge is 2.19. The van der Waals surface area contributed by atoms with Gasteiger partial charge in [-0.05, 0) is 38.7 Å². The molecule has 0 aliphatic carbocycles. The third-order valence-electron chi connectivity index (χ3n) is 3.94. The smallest absolute Gasteiger partial charge is 0.241 e. The molecule has 3 N–H and O–H groups in total. The van der Waals surface area contributed by atoms with Gasteiger partial charge in [-0.25, -0.2) is 13.1 Å². The molecule has 1 aliphatic heterocycles. The molecule has 0 bridgehead atoms. The van der Waals surface area contributed by atoms with Crippen molar-refractivity contribution >= 4 is 27.3 Å². The van der Waals surface area contributed by atoms with Crippen molar-refractivity contribution in [3.8, 4) is 0 Å². The van der Waals surface area contributed by atoms with Crippen LogP contribution in [0.1, 0.15) is 29.5 Å². The minimum Gasteiger partial charge on any atom is -0.370 e. The molecule has 1 aliphatic rings. The molecule has 0 radical (unpaired) electrons. The predicted molar refractivity (Wildman–Crippen MR) is 95.4 cm³/mol. The van der Waals surface area contributed by atoms with Gasteiger partial charge in [0, 0.05) is 29.4 Å². The van der Waals surface area contributed by atoms with Gasteiger partial charge in [-0.1, -0.05) is 6.92 Å². The summed E-state index contributed by atoms with van der Waals surface area (Å²) in [4.78, 5) is 8.54. The molecule has 130 valence electrons. The zero-order chi connectivity index (χ0) is 17.0. The molecule has 23 heavy (non-hydrogen) atoms. The summed E-state index contributed by atoms with van der Waals surface area (Å²) in [6, 6.07) is 1.70. The number of nitrogens with zero attached hydrogens (tertiary/aromatic N) is 2. The van der Waals surface area contributed by atoms with Crippen molar-refractivity contribution in [2.45, 2.75) is 38.5 Å². The van der Waals surface area contributed by atoms with Crippen LogP contribution in [0.15, 0.2) is 16.0 Å². The number of nitrogens with one attached hydrogen (secondary N) is 1. The largest absolute Gasteiger partial charge is 0.370 e. The Morgan fingerprint density at radius 1 is 1.52 bits per heavy atom. The van der Waals surface area contributed by atoms with Gasteiger partial charge in [0.2, 0.25) is 10.0 Å². The summed E-state index contributed by atoms with van der Waals surface area (Å²) in [5, 5.41) is 0. The fraction of sp³-hybridized carbons (Fsp3) is 0.667. The number of nitrogens with two attached hydrogens (primary N) is 1. The van der Waals surface area contributed by atoms with Crippen LogP contribution in [0.25, 0.3) is 0 Å². The maximum Gasteiger partial charge on any atom is 0.241 e. The van der Waals surface area contributed by atoms with Gasteiger partial charge >= 0.3 is 0 Å². The van der Waals surface area contributed by atoms with E-state index in [1.165, 1.54) is 17.8 Å². The Kier molecular flexibility index (Phi) is 6.05. The van der Waals surface area contributed by atoms with Crippen LogP contribution in [0.5, 0.6) is 0 Å². The molecule has 1 aromatic rings. The molecule has 1 atom stereocenters. The molecule has 2 heterocycles. The van der Waals surface area contributed by atoms with Gasteiger partial charge in [-0.3, -0.25) is 4.99 Å². The second kappa shape index (κ2) is 7.63. The minimum absolute atomic E-state index is 0.251. The number of aliphatic imine (C=N–C) groups is 1. The van der Waals surface area contributed by atoms with E-state index in [2.05, 4.69) is 21.5 Å². The van der Waals surface area contributed by atoms with Gasteiger partial charge < -0.3 is 10.6 Å². The lowest BCUT2D eigenvalue weighted by atomic mass is 10.0. The first kappa shape index (κ1) is 18.2. The molecule has 2 rings (SSSR count). The molecular weight excluding hydrogens is 332 g/mol. The summed E-state index contributed by atoms with van der Waals surface area (Å²) in [7, 11) is -3.46. The molecule has 0 saturated carbocycles. The van der Waals surface area contributed by atoms with Crippen molar-refractivity contribution in [1.82, 2.24) is 9.62 Å². The SMILES string of the molecule is Cc1cc(S(=O)(=O)NCCN=C(N)N2CCCC(C)C2)c(C)s1. The van der Waals surface area contributed by atoms with E-state index in [0.717, 1.165) is 29.3 Å². The topological polar surface area (TPSA) is 87.8 Å². The Hall–Kier alpha value is -1.12. The highest BCUT2D eigenvalue weighted by atomic mass is 32.2. The molecule has 0 aromatic carbocycles. The number of thiophene rings is 1. The summed E-state index contributed by atoms with van der Waals surface area (Å²) in [5.74, 6) is 1.14. The van der Waals surface area contributed by atoms with Crippen LogP contribution in [0.4, 0.5) is 0 Å². The highest BCUT2D eigenvalue weighted by molar-refractivity contribution is 7.89.